The molecule has 0 saturated carbocycles. The third kappa shape index (κ3) is 4.99. The van der Waals surface area contributed by atoms with E-state index in [1.807, 2.05) is 0 Å². The number of nitro benzene ring substituents is 1. The molecule has 1 aliphatic heterocycles. The van der Waals surface area contributed by atoms with Gasteiger partial charge < -0.3 is 10.1 Å². The van der Waals surface area contributed by atoms with Crippen molar-refractivity contribution in [3.8, 4) is 0 Å². The van der Waals surface area contributed by atoms with Crippen molar-refractivity contribution in [2.45, 2.75) is 25.7 Å². The fraction of sp³-hybridized carbons (Fsp3) is 0.333. The monoisotopic (exact) mass is 410 g/mol. The molecule has 0 unspecified atom stereocenters. The fourth-order valence-corrected chi connectivity index (χ4v) is 2.94. The lowest BCUT2D eigenvalue weighted by molar-refractivity contribution is -0.384. The number of non-ortho nitro benzene ring substituents is 1. The maximum Gasteiger partial charge on any atom is 0.435 e. The number of ether oxygens (including phenoxy) is 1. The van der Waals surface area contributed by atoms with Gasteiger partial charge in [0.25, 0.3) is 5.69 Å². The predicted octanol–water partition coefficient (Wildman–Crippen LogP) is 2.71. The molecule has 1 N–H and O–H groups in total. The minimum atomic E-state index is -4.56. The minimum absolute atomic E-state index is 0.0492. The van der Waals surface area contributed by atoms with Crippen molar-refractivity contribution >= 4 is 17.7 Å². The van der Waals surface area contributed by atoms with Gasteiger partial charge >= 0.3 is 6.18 Å². The van der Waals surface area contributed by atoms with Crippen LogP contribution in [-0.4, -0.2) is 33.8 Å². The number of nitro groups is 1. The van der Waals surface area contributed by atoms with Gasteiger partial charge in [-0.05, 0) is 23.8 Å². The number of carbonyl (C=O) groups is 1. The Balaban J connectivity index is 1.58. The molecule has 0 saturated heterocycles. The largest absolute Gasteiger partial charge is 0.435 e. The second-order valence-electron chi connectivity index (χ2n) is 6.27. The minimum Gasteiger partial charge on any atom is -0.376 e. The van der Waals surface area contributed by atoms with Crippen molar-refractivity contribution in [1.82, 2.24) is 15.1 Å². The Morgan fingerprint density at radius 1 is 1.34 bits per heavy atom. The van der Waals surface area contributed by atoms with Crippen LogP contribution in [0.5, 0.6) is 0 Å². The van der Waals surface area contributed by atoms with Crippen LogP contribution >= 0.6 is 0 Å². The van der Waals surface area contributed by atoms with Gasteiger partial charge in [-0.1, -0.05) is 0 Å². The molecule has 0 atom stereocenters. The van der Waals surface area contributed by atoms with E-state index in [1.54, 1.807) is 0 Å². The number of hydrogen-bond donors (Lipinski definition) is 1. The molecule has 1 aromatic heterocycles. The van der Waals surface area contributed by atoms with E-state index >= 15 is 0 Å². The number of alkyl halides is 3. The highest BCUT2D eigenvalue weighted by atomic mass is 19.4. The van der Waals surface area contributed by atoms with Crippen LogP contribution in [-0.2, 0) is 35.3 Å². The van der Waals surface area contributed by atoms with Crippen LogP contribution < -0.4 is 5.32 Å². The van der Waals surface area contributed by atoms with Crippen LogP contribution in [0.2, 0.25) is 0 Å². The number of carbonyl (C=O) groups excluding carboxylic acids is 1. The second-order valence-corrected chi connectivity index (χ2v) is 6.27. The topological polar surface area (TPSA) is 99.3 Å². The first-order valence-corrected chi connectivity index (χ1v) is 8.69. The van der Waals surface area contributed by atoms with E-state index in [1.165, 1.54) is 41.1 Å². The molecular weight excluding hydrogens is 393 g/mol. The van der Waals surface area contributed by atoms with Crippen LogP contribution in [0.3, 0.4) is 0 Å². The Morgan fingerprint density at radius 3 is 2.72 bits per heavy atom. The van der Waals surface area contributed by atoms with E-state index in [0.29, 0.717) is 24.3 Å². The van der Waals surface area contributed by atoms with Gasteiger partial charge in [-0.25, -0.2) is 0 Å². The normalized spacial score (nSPS) is 14.0. The summed E-state index contributed by atoms with van der Waals surface area (Å²) in [6.07, 6.45) is -1.51. The standard InChI is InChI=1S/C18H17F3N4O4/c19-18(20,21)17-14-11-29-10-7-15(14)24(23-17)9-8-22-16(26)6-3-12-1-4-13(5-2-12)25(27)28/h1-6H,7-11H2,(H,22,26). The van der Waals surface area contributed by atoms with Crippen molar-refractivity contribution in [1.29, 1.82) is 0 Å². The van der Waals surface area contributed by atoms with Crippen molar-refractivity contribution in [3.63, 3.8) is 0 Å². The second kappa shape index (κ2) is 8.43. The van der Waals surface area contributed by atoms with E-state index in [4.69, 9.17) is 4.74 Å². The number of hydrogen-bond acceptors (Lipinski definition) is 5. The van der Waals surface area contributed by atoms with Gasteiger partial charge in [0, 0.05) is 42.4 Å². The quantitative estimate of drug-likeness (QED) is 0.449. The molecule has 1 aromatic carbocycles. The smallest absolute Gasteiger partial charge is 0.376 e. The molecule has 3 rings (SSSR count). The lowest BCUT2D eigenvalue weighted by Crippen LogP contribution is -2.27. The Labute approximate surface area is 163 Å². The van der Waals surface area contributed by atoms with Crippen molar-refractivity contribution in [2.24, 2.45) is 0 Å². The summed E-state index contributed by atoms with van der Waals surface area (Å²) in [7, 11) is 0. The molecule has 11 heteroatoms. The molecule has 0 bridgehead atoms. The van der Waals surface area contributed by atoms with Crippen LogP contribution in [0.4, 0.5) is 18.9 Å². The third-order valence-corrected chi connectivity index (χ3v) is 4.32. The number of halogens is 3. The molecule has 0 fully saturated rings. The Morgan fingerprint density at radius 2 is 2.07 bits per heavy atom. The summed E-state index contributed by atoms with van der Waals surface area (Å²) in [5.41, 5.74) is 0.114. The molecular formula is C18H17F3N4O4. The summed E-state index contributed by atoms with van der Waals surface area (Å²) in [5.74, 6) is -0.441. The highest BCUT2D eigenvalue weighted by Gasteiger charge is 2.39. The van der Waals surface area contributed by atoms with Gasteiger partial charge in [-0.2, -0.15) is 18.3 Å². The fourth-order valence-electron chi connectivity index (χ4n) is 2.94. The highest BCUT2D eigenvalue weighted by molar-refractivity contribution is 5.91. The van der Waals surface area contributed by atoms with E-state index in [9.17, 15) is 28.1 Å². The van der Waals surface area contributed by atoms with Gasteiger partial charge in [0.2, 0.25) is 5.91 Å². The van der Waals surface area contributed by atoms with Crippen molar-refractivity contribution in [3.05, 3.63) is 63.0 Å². The third-order valence-electron chi connectivity index (χ3n) is 4.32. The number of aromatic nitrogens is 2. The first-order chi connectivity index (χ1) is 13.8. The number of fused-ring (bicyclic) bond motifs is 1. The molecule has 1 amide bonds. The lowest BCUT2D eigenvalue weighted by Gasteiger charge is -2.15. The Bertz CT molecular complexity index is 936. The lowest BCUT2D eigenvalue weighted by atomic mass is 10.1. The average Bonchev–Trinajstić information content (AvgIpc) is 3.06. The molecule has 8 nitrogen and oxygen atoms in total. The van der Waals surface area contributed by atoms with Gasteiger partial charge in [-0.15, -0.1) is 0 Å². The number of amides is 1. The van der Waals surface area contributed by atoms with Crippen molar-refractivity contribution in [2.75, 3.05) is 13.2 Å². The summed E-state index contributed by atoms with van der Waals surface area (Å²) in [6.45, 7) is 0.375. The van der Waals surface area contributed by atoms with E-state index < -0.39 is 22.7 Å². The molecule has 0 radical (unpaired) electrons. The maximum atomic E-state index is 13.1. The summed E-state index contributed by atoms with van der Waals surface area (Å²) in [5, 5.41) is 16.8. The molecule has 0 aliphatic carbocycles. The zero-order chi connectivity index (χ0) is 21.0. The molecule has 0 spiro atoms. The number of rotatable bonds is 6. The summed E-state index contributed by atoms with van der Waals surface area (Å²) >= 11 is 0. The van der Waals surface area contributed by atoms with Gasteiger partial charge in [-0.3, -0.25) is 19.6 Å². The van der Waals surface area contributed by atoms with E-state index in [-0.39, 0.29) is 30.9 Å². The SMILES string of the molecule is O=C(C=Cc1ccc([N+](=O)[O-])cc1)NCCn1nc(C(F)(F)F)c2c1CCOC2. The first-order valence-electron chi connectivity index (χ1n) is 8.69. The highest BCUT2D eigenvalue weighted by Crippen LogP contribution is 2.34. The molecule has 29 heavy (non-hydrogen) atoms. The van der Waals surface area contributed by atoms with Gasteiger partial charge in [0.05, 0.1) is 24.7 Å². The van der Waals surface area contributed by atoms with Gasteiger partial charge in [0.1, 0.15) is 0 Å². The Hall–Kier alpha value is -3.21. The van der Waals surface area contributed by atoms with Crippen LogP contribution in [0, 0.1) is 10.1 Å². The predicted molar refractivity (Wildman–Crippen MR) is 95.7 cm³/mol. The van der Waals surface area contributed by atoms with E-state index in [0.717, 1.165) is 0 Å². The van der Waals surface area contributed by atoms with Gasteiger partial charge in [0.15, 0.2) is 5.69 Å². The average molecular weight is 410 g/mol. The van der Waals surface area contributed by atoms with E-state index in [2.05, 4.69) is 10.4 Å². The van der Waals surface area contributed by atoms with Crippen LogP contribution in [0.1, 0.15) is 22.5 Å². The summed E-state index contributed by atoms with van der Waals surface area (Å²) in [6, 6.07) is 5.64. The number of nitrogens with zero attached hydrogens (tertiary/aromatic N) is 3. The number of nitrogens with one attached hydrogen (secondary N) is 1. The van der Waals surface area contributed by atoms with Crippen LogP contribution in [0.15, 0.2) is 30.3 Å². The van der Waals surface area contributed by atoms with Crippen molar-refractivity contribution < 1.29 is 27.6 Å². The zero-order valence-corrected chi connectivity index (χ0v) is 15.1. The zero-order valence-electron chi connectivity index (χ0n) is 15.1. The Kier molecular flexibility index (Phi) is 5.97. The number of benzene rings is 1. The summed E-state index contributed by atoms with van der Waals surface area (Å²) in [4.78, 5) is 22.0. The first kappa shape index (κ1) is 20.5. The molecule has 2 aromatic rings. The maximum absolute atomic E-state index is 13.1. The molecule has 154 valence electrons. The molecule has 2 heterocycles. The van der Waals surface area contributed by atoms with Crippen LogP contribution in [0.25, 0.3) is 6.08 Å². The molecule has 1 aliphatic rings. The summed E-state index contributed by atoms with van der Waals surface area (Å²) < 4.78 is 45.7.